The van der Waals surface area contributed by atoms with Gasteiger partial charge in [0.1, 0.15) is 26.7 Å². The van der Waals surface area contributed by atoms with Crippen molar-refractivity contribution < 1.29 is 13.7 Å². The average molecular weight is 419 g/mol. The van der Waals surface area contributed by atoms with E-state index >= 15 is 0 Å². The summed E-state index contributed by atoms with van der Waals surface area (Å²) >= 11 is 0. The quantitative estimate of drug-likeness (QED) is 0.379. The molecule has 5 aromatic rings. The topological polar surface area (TPSA) is 11.6 Å². The van der Waals surface area contributed by atoms with Gasteiger partial charge in [0.25, 0.3) is 11.4 Å². The molecule has 0 bridgehead atoms. The minimum absolute atomic E-state index is 1.18. The third kappa shape index (κ3) is 3.27. The van der Waals surface area contributed by atoms with Gasteiger partial charge in [-0.05, 0) is 48.9 Å². The summed E-state index contributed by atoms with van der Waals surface area (Å²) in [5.74, 6) is 0. The van der Waals surface area contributed by atoms with E-state index in [4.69, 9.17) is 0 Å². The van der Waals surface area contributed by atoms with Crippen LogP contribution in [0, 0.1) is 6.92 Å². The maximum atomic E-state index is 2.34. The van der Waals surface area contributed by atoms with E-state index in [9.17, 15) is 0 Å². The van der Waals surface area contributed by atoms with E-state index in [0.29, 0.717) is 0 Å². The molecule has 0 aliphatic rings. The summed E-state index contributed by atoms with van der Waals surface area (Å²) in [5.41, 5.74) is 9.78. The van der Waals surface area contributed by atoms with Gasteiger partial charge in [-0.2, -0.15) is 13.7 Å². The number of aryl methyl sites for hydroxylation is 3. The smallest absolute Gasteiger partial charge is 0.196 e. The fraction of sp³-hybridized carbons (Fsp3) is 0.138. The van der Waals surface area contributed by atoms with Gasteiger partial charge in [0.15, 0.2) is 6.20 Å². The third-order valence-corrected chi connectivity index (χ3v) is 6.43. The van der Waals surface area contributed by atoms with Crippen molar-refractivity contribution in [3.63, 3.8) is 0 Å². The third-order valence-electron chi connectivity index (χ3n) is 6.43. The van der Waals surface area contributed by atoms with Crippen LogP contribution in [0.5, 0.6) is 0 Å². The van der Waals surface area contributed by atoms with Crippen LogP contribution in [0.2, 0.25) is 0 Å². The monoisotopic (exact) mass is 418 g/mol. The molecule has 3 nitrogen and oxygen atoms in total. The Morgan fingerprint density at radius 1 is 0.500 bits per heavy atom. The van der Waals surface area contributed by atoms with Crippen molar-refractivity contribution in [2.45, 2.75) is 6.92 Å². The maximum Gasteiger partial charge on any atom is 0.277 e. The van der Waals surface area contributed by atoms with E-state index in [1.54, 1.807) is 0 Å². The summed E-state index contributed by atoms with van der Waals surface area (Å²) in [5, 5.41) is 1.23. The molecule has 0 atom stereocenters. The van der Waals surface area contributed by atoms with E-state index in [-0.39, 0.29) is 0 Å². The van der Waals surface area contributed by atoms with E-state index in [2.05, 4.69) is 139 Å². The second-order valence-electron chi connectivity index (χ2n) is 8.39. The molecular formula is C29H28N3+3. The lowest BCUT2D eigenvalue weighted by molar-refractivity contribution is -0.685. The standard InChI is InChI=1S/C29H28N3/c1-21-11-5-6-13-23(21)26-19-18-22-12-9-14-24(29(22)32(26)4)25-16-10-17-28(31(25)3)27-15-7-8-20-30(27)2/h5-20H,1-4H3/q+3. The zero-order chi connectivity index (χ0) is 22.2. The molecule has 0 N–H and O–H groups in total. The van der Waals surface area contributed by atoms with Gasteiger partial charge in [-0.3, -0.25) is 0 Å². The van der Waals surface area contributed by atoms with Crippen molar-refractivity contribution in [1.29, 1.82) is 0 Å². The Morgan fingerprint density at radius 3 is 1.97 bits per heavy atom. The van der Waals surface area contributed by atoms with Crippen LogP contribution in [0.3, 0.4) is 0 Å². The van der Waals surface area contributed by atoms with Gasteiger partial charge in [-0.15, -0.1) is 0 Å². The Kier molecular flexibility index (Phi) is 5.02. The SMILES string of the molecule is Cc1ccccc1-c1ccc2cccc(-c3cccc(-c4cccc[n+]4C)[n+]3C)c2[n+]1C. The molecule has 32 heavy (non-hydrogen) atoms. The van der Waals surface area contributed by atoms with Crippen LogP contribution in [0.25, 0.3) is 44.8 Å². The van der Waals surface area contributed by atoms with Crippen molar-refractivity contribution >= 4 is 10.9 Å². The van der Waals surface area contributed by atoms with Gasteiger partial charge < -0.3 is 0 Å². The van der Waals surface area contributed by atoms with Gasteiger partial charge in [-0.25, -0.2) is 0 Å². The van der Waals surface area contributed by atoms with Crippen molar-refractivity contribution in [2.75, 3.05) is 0 Å². The van der Waals surface area contributed by atoms with Crippen LogP contribution < -0.4 is 13.7 Å². The summed E-state index contributed by atoms with van der Waals surface area (Å²) in [6.07, 6.45) is 2.09. The first kappa shape index (κ1) is 20.1. The number of hydrogen-bond donors (Lipinski definition) is 0. The number of fused-ring (bicyclic) bond motifs is 1. The lowest BCUT2D eigenvalue weighted by atomic mass is 10.0. The molecule has 2 aromatic carbocycles. The highest BCUT2D eigenvalue weighted by molar-refractivity contribution is 5.90. The predicted molar refractivity (Wildman–Crippen MR) is 129 cm³/mol. The van der Waals surface area contributed by atoms with Gasteiger partial charge in [-0.1, -0.05) is 24.3 Å². The number of rotatable bonds is 3. The number of benzene rings is 2. The molecule has 0 unspecified atom stereocenters. The molecule has 0 amide bonds. The first-order chi connectivity index (χ1) is 15.6. The summed E-state index contributed by atoms with van der Waals surface area (Å²) in [6, 6.07) is 32.5. The molecule has 0 spiro atoms. The molecule has 5 rings (SSSR count). The average Bonchev–Trinajstić information content (AvgIpc) is 2.80. The van der Waals surface area contributed by atoms with Crippen LogP contribution in [-0.4, -0.2) is 0 Å². The number of nitrogens with zero attached hydrogens (tertiary/aromatic N) is 3. The fourth-order valence-electron chi connectivity index (χ4n) is 4.71. The number of aromatic nitrogens is 3. The van der Waals surface area contributed by atoms with E-state index in [1.165, 1.54) is 50.4 Å². The molecule has 0 saturated carbocycles. The van der Waals surface area contributed by atoms with Crippen molar-refractivity contribution in [1.82, 2.24) is 0 Å². The largest absolute Gasteiger partial charge is 0.277 e. The Balaban J connectivity index is 1.78. The summed E-state index contributed by atoms with van der Waals surface area (Å²) in [4.78, 5) is 0. The van der Waals surface area contributed by atoms with Gasteiger partial charge >= 0.3 is 0 Å². The van der Waals surface area contributed by atoms with Crippen LogP contribution in [-0.2, 0) is 21.1 Å². The Hall–Kier alpha value is -3.85. The maximum absolute atomic E-state index is 2.34. The van der Waals surface area contributed by atoms with E-state index in [0.717, 1.165) is 0 Å². The zero-order valence-electron chi connectivity index (χ0n) is 19.1. The molecule has 0 aliphatic carbocycles. The van der Waals surface area contributed by atoms with E-state index < -0.39 is 0 Å². The van der Waals surface area contributed by atoms with Crippen LogP contribution in [0.4, 0.5) is 0 Å². The molecule has 0 fully saturated rings. The van der Waals surface area contributed by atoms with Crippen LogP contribution in [0.1, 0.15) is 5.56 Å². The molecule has 0 aliphatic heterocycles. The van der Waals surface area contributed by atoms with Crippen molar-refractivity contribution in [3.05, 3.63) is 103 Å². The molecule has 156 valence electrons. The van der Waals surface area contributed by atoms with Crippen molar-refractivity contribution in [3.8, 4) is 33.9 Å². The first-order valence-corrected chi connectivity index (χ1v) is 11.0. The fourth-order valence-corrected chi connectivity index (χ4v) is 4.71. The highest BCUT2D eigenvalue weighted by atomic mass is 15.0. The van der Waals surface area contributed by atoms with Crippen LogP contribution >= 0.6 is 0 Å². The minimum Gasteiger partial charge on any atom is -0.196 e. The predicted octanol–water partition coefficient (Wildman–Crippen LogP) is 4.62. The van der Waals surface area contributed by atoms with Gasteiger partial charge in [0.2, 0.25) is 16.9 Å². The molecular weight excluding hydrogens is 390 g/mol. The lowest BCUT2D eigenvalue weighted by Gasteiger charge is -2.09. The number of pyridine rings is 3. The zero-order valence-corrected chi connectivity index (χ0v) is 19.1. The van der Waals surface area contributed by atoms with E-state index in [1.807, 2.05) is 0 Å². The Morgan fingerprint density at radius 2 is 1.16 bits per heavy atom. The highest BCUT2D eigenvalue weighted by Crippen LogP contribution is 2.28. The lowest BCUT2D eigenvalue weighted by Crippen LogP contribution is -2.40. The van der Waals surface area contributed by atoms with Gasteiger partial charge in [0, 0.05) is 41.3 Å². The van der Waals surface area contributed by atoms with Crippen molar-refractivity contribution in [2.24, 2.45) is 21.1 Å². The summed E-state index contributed by atoms with van der Waals surface area (Å²) < 4.78 is 6.80. The molecule has 3 aromatic heterocycles. The first-order valence-electron chi connectivity index (χ1n) is 11.0. The normalized spacial score (nSPS) is 11.1. The molecule has 0 radical (unpaired) electrons. The van der Waals surface area contributed by atoms with Gasteiger partial charge in [0.05, 0.1) is 0 Å². The number of hydrogen-bond acceptors (Lipinski definition) is 0. The highest BCUT2D eigenvalue weighted by Gasteiger charge is 2.26. The molecule has 3 heteroatoms. The minimum atomic E-state index is 1.18. The summed E-state index contributed by atoms with van der Waals surface area (Å²) in [6.45, 7) is 2.18. The Labute approximate surface area is 189 Å². The number of para-hydroxylation sites is 1. The molecule has 3 heterocycles. The second-order valence-corrected chi connectivity index (χ2v) is 8.39. The Bertz CT molecular complexity index is 1470. The van der Waals surface area contributed by atoms with Crippen LogP contribution in [0.15, 0.2) is 97.2 Å². The second kappa shape index (κ2) is 8.01. The molecule has 0 saturated heterocycles. The summed E-state index contributed by atoms with van der Waals surface area (Å²) in [7, 11) is 6.42.